The fourth-order valence-corrected chi connectivity index (χ4v) is 3.13. The van der Waals surface area contributed by atoms with E-state index in [1.54, 1.807) is 32.0 Å². The lowest BCUT2D eigenvalue weighted by atomic mass is 10.2. The zero-order valence-electron chi connectivity index (χ0n) is 15.7. The molecule has 0 radical (unpaired) electrons. The molecule has 0 unspecified atom stereocenters. The molecule has 2 amide bonds. The van der Waals surface area contributed by atoms with Crippen LogP contribution in [0, 0.1) is 0 Å². The molecule has 0 aliphatic heterocycles. The molecule has 0 atom stereocenters. The molecule has 0 saturated carbocycles. The summed E-state index contributed by atoms with van der Waals surface area (Å²) in [5, 5.41) is 5.56. The van der Waals surface area contributed by atoms with Gasteiger partial charge in [0.2, 0.25) is 0 Å². The van der Waals surface area contributed by atoms with Gasteiger partial charge in [0.15, 0.2) is 0 Å². The highest BCUT2D eigenvalue weighted by atomic mass is 79.9. The van der Waals surface area contributed by atoms with E-state index in [2.05, 4.69) is 36.5 Å². The number of nitrogens with one attached hydrogen (secondary N) is 3. The van der Waals surface area contributed by atoms with Gasteiger partial charge in [-0.15, -0.1) is 0 Å². The van der Waals surface area contributed by atoms with Gasteiger partial charge in [-0.25, -0.2) is 4.98 Å². The standard InChI is InChI=1S/C21H21BrN4O2/c1-13(2)19(26-20(27)14-6-5-7-15(22)12-14)21(28)23-11-10-18-24-16-8-3-4-9-17(16)25-18/h3-9,12H,10-11H2,1-2H3,(H,23,28)(H,24,25)(H,26,27). The molecule has 3 aromatic rings. The van der Waals surface area contributed by atoms with Gasteiger partial charge in [0.1, 0.15) is 11.5 Å². The minimum absolute atomic E-state index is 0.259. The summed E-state index contributed by atoms with van der Waals surface area (Å²) in [6, 6.07) is 14.8. The van der Waals surface area contributed by atoms with Crippen LogP contribution < -0.4 is 10.6 Å². The number of hydrogen-bond acceptors (Lipinski definition) is 3. The molecule has 0 fully saturated rings. The molecule has 0 bridgehead atoms. The van der Waals surface area contributed by atoms with Crippen molar-refractivity contribution in [1.82, 2.24) is 20.6 Å². The van der Waals surface area contributed by atoms with E-state index in [0.29, 0.717) is 18.5 Å². The van der Waals surface area contributed by atoms with Gasteiger partial charge in [-0.1, -0.05) is 34.1 Å². The summed E-state index contributed by atoms with van der Waals surface area (Å²) in [5.41, 5.74) is 3.33. The van der Waals surface area contributed by atoms with Crippen molar-refractivity contribution >= 4 is 38.8 Å². The molecule has 1 heterocycles. The maximum Gasteiger partial charge on any atom is 0.267 e. The minimum Gasteiger partial charge on any atom is -0.350 e. The fourth-order valence-electron chi connectivity index (χ4n) is 2.73. The Labute approximate surface area is 171 Å². The smallest absolute Gasteiger partial charge is 0.267 e. The quantitative estimate of drug-likeness (QED) is 0.510. The highest BCUT2D eigenvalue weighted by molar-refractivity contribution is 9.10. The summed E-state index contributed by atoms with van der Waals surface area (Å²) < 4.78 is 0.800. The Balaban J connectivity index is 1.60. The van der Waals surface area contributed by atoms with E-state index >= 15 is 0 Å². The third kappa shape index (κ3) is 4.86. The van der Waals surface area contributed by atoms with Crippen molar-refractivity contribution in [3.05, 3.63) is 75.7 Å². The first kappa shape index (κ1) is 19.8. The Bertz CT molecular complexity index is 1020. The van der Waals surface area contributed by atoms with E-state index in [1.807, 2.05) is 30.3 Å². The molecule has 2 aromatic carbocycles. The van der Waals surface area contributed by atoms with Gasteiger partial charge in [0.25, 0.3) is 11.8 Å². The highest BCUT2D eigenvalue weighted by Gasteiger charge is 2.16. The molecular formula is C21H21BrN4O2. The molecule has 0 aliphatic carbocycles. The first-order valence-corrected chi connectivity index (χ1v) is 9.69. The van der Waals surface area contributed by atoms with E-state index in [4.69, 9.17) is 0 Å². The molecule has 1 aromatic heterocycles. The topological polar surface area (TPSA) is 86.9 Å². The summed E-state index contributed by atoms with van der Waals surface area (Å²) in [6.45, 7) is 3.98. The van der Waals surface area contributed by atoms with E-state index in [-0.39, 0.29) is 17.5 Å². The number of H-pyrrole nitrogens is 1. The number of allylic oxidation sites excluding steroid dienone is 1. The summed E-state index contributed by atoms with van der Waals surface area (Å²) in [4.78, 5) is 32.7. The number of aromatic nitrogens is 2. The predicted octanol–water partition coefficient (Wildman–Crippen LogP) is 3.71. The molecule has 0 aliphatic rings. The Morgan fingerprint density at radius 3 is 2.61 bits per heavy atom. The van der Waals surface area contributed by atoms with E-state index in [9.17, 15) is 9.59 Å². The normalized spacial score (nSPS) is 10.5. The van der Waals surface area contributed by atoms with Crippen molar-refractivity contribution in [3.8, 4) is 0 Å². The maximum absolute atomic E-state index is 12.6. The number of hydrogen-bond donors (Lipinski definition) is 3. The molecule has 0 spiro atoms. The number of aromatic amines is 1. The number of benzene rings is 2. The molecule has 7 heteroatoms. The lowest BCUT2D eigenvalue weighted by Crippen LogP contribution is -2.36. The minimum atomic E-state index is -0.329. The second-order valence-corrected chi connectivity index (χ2v) is 7.46. The Hall–Kier alpha value is -2.93. The lowest BCUT2D eigenvalue weighted by molar-refractivity contribution is -0.117. The van der Waals surface area contributed by atoms with Gasteiger partial charge in [-0.05, 0) is 49.8 Å². The van der Waals surface area contributed by atoms with Crippen molar-refractivity contribution in [2.24, 2.45) is 0 Å². The number of imidazole rings is 1. The molecule has 6 nitrogen and oxygen atoms in total. The zero-order chi connectivity index (χ0) is 20.1. The van der Waals surface area contributed by atoms with Crippen molar-refractivity contribution in [1.29, 1.82) is 0 Å². The van der Waals surface area contributed by atoms with Crippen molar-refractivity contribution in [2.75, 3.05) is 6.54 Å². The molecule has 3 N–H and O–H groups in total. The number of fused-ring (bicyclic) bond motifs is 1. The number of carbonyl (C=O) groups is 2. The average molecular weight is 441 g/mol. The Kier molecular flexibility index (Phi) is 6.26. The van der Waals surface area contributed by atoms with Crippen LogP contribution >= 0.6 is 15.9 Å². The Morgan fingerprint density at radius 1 is 1.11 bits per heavy atom. The highest BCUT2D eigenvalue weighted by Crippen LogP contribution is 2.13. The SMILES string of the molecule is CC(C)=C(NC(=O)c1cccc(Br)c1)C(=O)NCCc1nc2ccccc2[nH]1. The second kappa shape index (κ2) is 8.84. The number of para-hydroxylation sites is 2. The monoisotopic (exact) mass is 440 g/mol. The van der Waals surface area contributed by atoms with Crippen LogP contribution in [-0.2, 0) is 11.2 Å². The Morgan fingerprint density at radius 2 is 1.89 bits per heavy atom. The summed E-state index contributed by atoms with van der Waals surface area (Å²) >= 11 is 3.34. The second-order valence-electron chi connectivity index (χ2n) is 6.55. The van der Waals surface area contributed by atoms with Gasteiger partial charge in [-0.3, -0.25) is 9.59 Å². The predicted molar refractivity (Wildman–Crippen MR) is 113 cm³/mol. The molecule has 0 saturated heterocycles. The van der Waals surface area contributed by atoms with Crippen molar-refractivity contribution in [2.45, 2.75) is 20.3 Å². The van der Waals surface area contributed by atoms with Crippen LogP contribution in [0.25, 0.3) is 11.0 Å². The zero-order valence-corrected chi connectivity index (χ0v) is 17.3. The number of amides is 2. The number of rotatable bonds is 6. The summed E-state index contributed by atoms with van der Waals surface area (Å²) in [7, 11) is 0. The molecular weight excluding hydrogens is 420 g/mol. The molecule has 3 rings (SSSR count). The largest absolute Gasteiger partial charge is 0.350 e. The fraction of sp³-hybridized carbons (Fsp3) is 0.190. The van der Waals surface area contributed by atoms with E-state index in [0.717, 1.165) is 26.9 Å². The number of carbonyl (C=O) groups excluding carboxylic acids is 2. The van der Waals surface area contributed by atoms with Crippen LogP contribution in [0.2, 0.25) is 0 Å². The van der Waals surface area contributed by atoms with Crippen LogP contribution in [0.1, 0.15) is 30.0 Å². The van der Waals surface area contributed by atoms with Crippen LogP contribution in [0.4, 0.5) is 0 Å². The molecule has 28 heavy (non-hydrogen) atoms. The van der Waals surface area contributed by atoms with Crippen molar-refractivity contribution in [3.63, 3.8) is 0 Å². The third-order valence-electron chi connectivity index (χ3n) is 4.14. The lowest BCUT2D eigenvalue weighted by Gasteiger charge is -2.12. The van der Waals surface area contributed by atoms with Gasteiger partial charge >= 0.3 is 0 Å². The van der Waals surface area contributed by atoms with Gasteiger partial charge in [0, 0.05) is 23.0 Å². The maximum atomic E-state index is 12.6. The van der Waals surface area contributed by atoms with E-state index in [1.165, 1.54) is 0 Å². The third-order valence-corrected chi connectivity index (χ3v) is 4.63. The van der Waals surface area contributed by atoms with Gasteiger partial charge < -0.3 is 15.6 Å². The number of halogens is 1. The van der Waals surface area contributed by atoms with Gasteiger partial charge in [0.05, 0.1) is 11.0 Å². The summed E-state index contributed by atoms with van der Waals surface area (Å²) in [5.74, 6) is 0.155. The molecule has 144 valence electrons. The van der Waals surface area contributed by atoms with E-state index < -0.39 is 0 Å². The van der Waals surface area contributed by atoms with Crippen LogP contribution in [0.5, 0.6) is 0 Å². The average Bonchev–Trinajstić information content (AvgIpc) is 3.08. The van der Waals surface area contributed by atoms with Crippen LogP contribution in [-0.4, -0.2) is 28.3 Å². The van der Waals surface area contributed by atoms with Crippen LogP contribution in [0.15, 0.2) is 64.3 Å². The first-order valence-electron chi connectivity index (χ1n) is 8.90. The first-order chi connectivity index (χ1) is 13.4. The number of nitrogens with zero attached hydrogens (tertiary/aromatic N) is 1. The van der Waals surface area contributed by atoms with Crippen LogP contribution in [0.3, 0.4) is 0 Å². The summed E-state index contributed by atoms with van der Waals surface area (Å²) in [6.07, 6.45) is 0.566. The van der Waals surface area contributed by atoms with Crippen molar-refractivity contribution < 1.29 is 9.59 Å². The van der Waals surface area contributed by atoms with Gasteiger partial charge in [-0.2, -0.15) is 0 Å².